The fourth-order valence-corrected chi connectivity index (χ4v) is 7.48. The molecule has 0 unspecified atom stereocenters. The van der Waals surface area contributed by atoms with Crippen molar-refractivity contribution in [3.63, 3.8) is 0 Å². The number of carbonyl (C=O) groups is 10. The smallest absolute Gasteiger partial charge is 0.326 e. The van der Waals surface area contributed by atoms with Gasteiger partial charge in [-0.2, -0.15) is 36.2 Å². The summed E-state index contributed by atoms with van der Waals surface area (Å²) < 4.78 is 0. The van der Waals surface area contributed by atoms with Crippen molar-refractivity contribution in [3.05, 3.63) is 0 Å². The van der Waals surface area contributed by atoms with Crippen molar-refractivity contribution in [1.82, 2.24) is 42.5 Å². The summed E-state index contributed by atoms with van der Waals surface area (Å²) in [6.45, 7) is 2.20. The van der Waals surface area contributed by atoms with Gasteiger partial charge in [-0.1, -0.05) is 20.3 Å². The van der Waals surface area contributed by atoms with Crippen molar-refractivity contribution in [2.75, 3.05) is 56.1 Å². The number of carboxylic acids is 1. The van der Waals surface area contributed by atoms with E-state index in [1.165, 1.54) is 23.5 Å². The van der Waals surface area contributed by atoms with Crippen molar-refractivity contribution >= 4 is 95.3 Å². The molecule has 19 N–H and O–H groups in total. The van der Waals surface area contributed by atoms with Gasteiger partial charge in [-0.25, -0.2) is 4.79 Å². The van der Waals surface area contributed by atoms with E-state index in [1.807, 2.05) is 0 Å². The molecule has 0 aliphatic heterocycles. The van der Waals surface area contributed by atoms with Crippen molar-refractivity contribution in [2.45, 2.75) is 132 Å². The minimum Gasteiger partial charge on any atom is -0.480 e. The first-order valence-electron chi connectivity index (χ1n) is 22.5. The van der Waals surface area contributed by atoms with E-state index in [0.29, 0.717) is 43.7 Å². The van der Waals surface area contributed by atoms with Crippen molar-refractivity contribution in [3.8, 4) is 0 Å². The number of thioether (sulfide) groups is 2. The van der Waals surface area contributed by atoms with Crippen LogP contribution in [0.1, 0.15) is 78.1 Å². The van der Waals surface area contributed by atoms with E-state index < -0.39 is 133 Å². The predicted molar refractivity (Wildman–Crippen MR) is 264 cm³/mol. The molecule has 0 radical (unpaired) electrons. The Bertz CT molecular complexity index is 1670. The van der Waals surface area contributed by atoms with E-state index in [1.54, 1.807) is 26.4 Å². The van der Waals surface area contributed by atoms with Crippen LogP contribution in [-0.2, 0) is 47.9 Å². The molecule has 9 amide bonds. The van der Waals surface area contributed by atoms with Gasteiger partial charge in [-0.3, -0.25) is 43.2 Å². The number of nitrogens with one attached hydrogen (secondary N) is 8. The van der Waals surface area contributed by atoms with Crippen LogP contribution in [0.4, 0.5) is 0 Å². The maximum absolute atomic E-state index is 13.7. The Balaban J connectivity index is 6.19. The summed E-state index contributed by atoms with van der Waals surface area (Å²) in [5.74, 6) is -9.47. The zero-order chi connectivity index (χ0) is 52.6. The van der Waals surface area contributed by atoms with E-state index >= 15 is 0 Å². The molecule has 28 heteroatoms. The van der Waals surface area contributed by atoms with Crippen LogP contribution in [-0.4, -0.2) is 185 Å². The fourth-order valence-electron chi connectivity index (χ4n) is 6.28. The van der Waals surface area contributed by atoms with Gasteiger partial charge in [0.15, 0.2) is 0 Å². The number of nitrogens with two attached hydrogens (primary N) is 4. The highest BCUT2D eigenvalue weighted by molar-refractivity contribution is 7.98. The van der Waals surface area contributed by atoms with Gasteiger partial charge in [0.1, 0.15) is 48.3 Å². The number of hydrogen-bond acceptors (Lipinski definition) is 18. The Labute approximate surface area is 416 Å². The molecule has 0 spiro atoms. The maximum atomic E-state index is 13.7. The highest BCUT2D eigenvalue weighted by Gasteiger charge is 2.35. The number of carboxylic acid groups (broad SMARTS) is 1. The van der Waals surface area contributed by atoms with Crippen LogP contribution < -0.4 is 65.5 Å². The van der Waals surface area contributed by atoms with Gasteiger partial charge in [-0.05, 0) is 94.4 Å². The van der Waals surface area contributed by atoms with E-state index in [2.05, 4.69) is 55.2 Å². The number of rotatable bonds is 38. The Kier molecular flexibility index (Phi) is 34.1. The zero-order valence-corrected chi connectivity index (χ0v) is 42.3. The minimum atomic E-state index is -1.76. The van der Waals surface area contributed by atoms with Gasteiger partial charge in [0.05, 0.1) is 25.7 Å². The number of thiol groups is 1. The molecular weight excluding hydrogens is 965 g/mol. The highest BCUT2D eigenvalue weighted by Crippen LogP contribution is 2.10. The van der Waals surface area contributed by atoms with Gasteiger partial charge in [0.2, 0.25) is 53.2 Å². The molecule has 25 nitrogen and oxygen atoms in total. The molecule has 0 saturated carbocycles. The molecule has 0 aromatic heterocycles. The molecule has 0 aliphatic rings. The number of aliphatic hydroxyl groups is 2. The molecule has 0 rings (SSSR count). The number of primary amides is 1. The lowest BCUT2D eigenvalue weighted by Crippen LogP contribution is -2.61. The van der Waals surface area contributed by atoms with E-state index in [0.717, 1.165) is 0 Å². The van der Waals surface area contributed by atoms with Crippen molar-refractivity contribution in [2.24, 2.45) is 28.9 Å². The normalized spacial score (nSPS) is 15.1. The van der Waals surface area contributed by atoms with Crippen LogP contribution in [0.25, 0.3) is 0 Å². The SMILES string of the molecule is CSCC[C@H](NC(=O)[C@H](CO)NC(=O)[C@H](CS)NC(=O)[C@H](CCCCN)NC(=O)[C@H](CC(N)=O)NC(=O)[C@H](CO)NC(=O)[C@H](CCSC)NC(=O)[C@@H](N)CCCCN)C(=O)N[C@@H](CC(C)C)C(=O)O. The van der Waals surface area contributed by atoms with E-state index in [-0.39, 0.29) is 50.3 Å². The Hall–Kier alpha value is -4.45. The molecule has 0 aromatic carbocycles. The molecular formula is C41H76N12O13S3. The number of unbranched alkanes of at least 4 members (excludes halogenated alkanes) is 2. The summed E-state index contributed by atoms with van der Waals surface area (Å²) in [4.78, 5) is 131. The molecule has 69 heavy (non-hydrogen) atoms. The lowest BCUT2D eigenvalue weighted by atomic mass is 10.0. The summed E-state index contributed by atoms with van der Waals surface area (Å²) in [7, 11) is 0. The third-order valence-electron chi connectivity index (χ3n) is 10.2. The zero-order valence-electron chi connectivity index (χ0n) is 39.8. The Morgan fingerprint density at radius 3 is 1.25 bits per heavy atom. The first-order chi connectivity index (χ1) is 32.6. The molecule has 0 heterocycles. The summed E-state index contributed by atoms with van der Waals surface area (Å²) in [5, 5.41) is 49.0. The van der Waals surface area contributed by atoms with Gasteiger partial charge in [-0.15, -0.1) is 0 Å². The molecule has 0 aromatic rings. The van der Waals surface area contributed by atoms with Crippen molar-refractivity contribution < 1.29 is 63.3 Å². The van der Waals surface area contributed by atoms with Crippen LogP contribution in [0, 0.1) is 5.92 Å². The van der Waals surface area contributed by atoms with Crippen LogP contribution >= 0.6 is 36.2 Å². The topological polar surface area (TPSA) is 432 Å². The van der Waals surface area contributed by atoms with Gasteiger partial charge >= 0.3 is 5.97 Å². The molecule has 0 bridgehead atoms. The number of aliphatic hydroxyl groups excluding tert-OH is 2. The van der Waals surface area contributed by atoms with Gasteiger partial charge in [0.25, 0.3) is 0 Å². The fraction of sp³-hybridized carbons (Fsp3) is 0.756. The van der Waals surface area contributed by atoms with Crippen LogP contribution in [0.15, 0.2) is 0 Å². The summed E-state index contributed by atoms with van der Waals surface area (Å²) in [5.41, 5.74) is 22.5. The molecule has 396 valence electrons. The Morgan fingerprint density at radius 2 is 0.855 bits per heavy atom. The first-order valence-corrected chi connectivity index (χ1v) is 26.0. The standard InChI is InChI=1S/C41H76N12O13S3/c1-22(2)17-28(41(65)66)50-35(59)26(12-16-69-4)48-38(62)29(19-54)52-40(64)31(21-67)53-34(58)24(10-6-8-14-43)47-37(61)27(18-32(45)56)49-39(63)30(20-55)51-36(60)25(11-15-68-3)46-33(57)23(44)9-5-7-13-42/h22-31,54-55,67H,5-21,42-44H2,1-4H3,(H2,45,56)(H,46,57)(H,47,61)(H,48,62)(H,49,63)(H,50,59)(H,51,60)(H,52,64)(H,53,58)(H,65,66)/t23-,24-,25-,26-,27-,28-,29-,30-,31-/m0/s1. The predicted octanol–water partition coefficient (Wildman–Crippen LogP) is -5.12. The third kappa shape index (κ3) is 26.4. The summed E-state index contributed by atoms with van der Waals surface area (Å²) >= 11 is 6.88. The second-order valence-corrected chi connectivity index (χ2v) is 18.8. The van der Waals surface area contributed by atoms with Crippen LogP contribution in [0.5, 0.6) is 0 Å². The number of amides is 9. The number of hydrogen-bond donors (Lipinski definition) is 16. The average molecular weight is 1040 g/mol. The van der Waals surface area contributed by atoms with Crippen molar-refractivity contribution in [1.29, 1.82) is 0 Å². The van der Waals surface area contributed by atoms with E-state index in [4.69, 9.17) is 22.9 Å². The maximum Gasteiger partial charge on any atom is 0.326 e. The lowest BCUT2D eigenvalue weighted by molar-refractivity contribution is -0.143. The van der Waals surface area contributed by atoms with Gasteiger partial charge in [0, 0.05) is 5.75 Å². The minimum absolute atomic E-state index is 0.0700. The van der Waals surface area contributed by atoms with Gasteiger partial charge < -0.3 is 80.8 Å². The van der Waals surface area contributed by atoms with Crippen LogP contribution in [0.3, 0.4) is 0 Å². The largest absolute Gasteiger partial charge is 0.480 e. The third-order valence-corrected chi connectivity index (χ3v) is 11.8. The highest BCUT2D eigenvalue weighted by atomic mass is 32.2. The summed E-state index contributed by atoms with van der Waals surface area (Å²) in [6.07, 6.45) is 5.09. The monoisotopic (exact) mass is 1040 g/mol. The Morgan fingerprint density at radius 1 is 0.507 bits per heavy atom. The molecule has 0 aliphatic carbocycles. The van der Waals surface area contributed by atoms with E-state index in [9.17, 15) is 63.3 Å². The molecule has 0 fully saturated rings. The first kappa shape index (κ1) is 64.5. The number of carbonyl (C=O) groups excluding carboxylic acids is 9. The quantitative estimate of drug-likeness (QED) is 0.0203. The average Bonchev–Trinajstić information content (AvgIpc) is 3.29. The number of aliphatic carboxylic acids is 1. The summed E-state index contributed by atoms with van der Waals surface area (Å²) in [6, 6.07) is -12.7. The second kappa shape index (κ2) is 36.5. The van der Waals surface area contributed by atoms with Crippen LogP contribution in [0.2, 0.25) is 0 Å². The second-order valence-electron chi connectivity index (χ2n) is 16.4. The molecule has 0 saturated heterocycles. The lowest BCUT2D eigenvalue weighted by Gasteiger charge is -2.27. The molecule has 9 atom stereocenters.